The molecular formula is C30H33NO4. The molecule has 3 aliphatic rings. The number of allylic oxidation sites excluding steroid dienone is 3. The Morgan fingerprint density at radius 1 is 0.914 bits per heavy atom. The van der Waals surface area contributed by atoms with E-state index < -0.39 is 5.92 Å². The lowest BCUT2D eigenvalue weighted by molar-refractivity contribution is -0.144. The van der Waals surface area contributed by atoms with Gasteiger partial charge in [0.05, 0.1) is 12.7 Å². The second-order valence-corrected chi connectivity index (χ2v) is 10.0. The van der Waals surface area contributed by atoms with Crippen molar-refractivity contribution in [2.45, 2.75) is 70.3 Å². The average Bonchev–Trinajstić information content (AvgIpc) is 3.36. The number of hydrogen-bond donors (Lipinski definition) is 1. The summed E-state index contributed by atoms with van der Waals surface area (Å²) in [7, 11) is 1.65. The maximum absolute atomic E-state index is 13.7. The Morgan fingerprint density at radius 3 is 2.23 bits per heavy atom. The van der Waals surface area contributed by atoms with E-state index >= 15 is 0 Å². The number of nitrogens with one attached hydrogen (secondary N) is 1. The van der Waals surface area contributed by atoms with Gasteiger partial charge in [0.15, 0.2) is 5.78 Å². The van der Waals surface area contributed by atoms with E-state index in [0.717, 1.165) is 65.9 Å². The molecule has 0 radical (unpaired) electrons. The first-order chi connectivity index (χ1) is 16.9. The summed E-state index contributed by atoms with van der Waals surface area (Å²) in [5.41, 5.74) is 6.19. The third-order valence-corrected chi connectivity index (χ3v) is 7.62. The van der Waals surface area contributed by atoms with E-state index in [0.29, 0.717) is 17.6 Å². The van der Waals surface area contributed by atoms with Gasteiger partial charge in [-0.05, 0) is 75.1 Å². The molecule has 1 saturated carbocycles. The molecule has 182 valence electrons. The lowest BCUT2D eigenvalue weighted by Crippen LogP contribution is -2.36. The number of dihydropyridines is 1. The monoisotopic (exact) mass is 471 g/mol. The van der Waals surface area contributed by atoms with Gasteiger partial charge >= 0.3 is 5.97 Å². The number of esters is 1. The van der Waals surface area contributed by atoms with Crippen LogP contribution in [0.15, 0.2) is 71.1 Å². The number of Topliss-reactive ketones (excluding diaryl/α,β-unsaturated/α-hetero) is 1. The fourth-order valence-electron chi connectivity index (χ4n) is 5.73. The molecule has 5 rings (SSSR count). The minimum atomic E-state index is -0.412. The van der Waals surface area contributed by atoms with Gasteiger partial charge in [0.25, 0.3) is 0 Å². The minimum absolute atomic E-state index is 0.0293. The van der Waals surface area contributed by atoms with Crippen LogP contribution in [-0.4, -0.2) is 25.0 Å². The highest BCUT2D eigenvalue weighted by Gasteiger charge is 2.42. The first-order valence-electron chi connectivity index (χ1n) is 12.6. The first-order valence-corrected chi connectivity index (χ1v) is 12.6. The maximum atomic E-state index is 13.7. The van der Waals surface area contributed by atoms with Gasteiger partial charge in [-0.15, -0.1) is 0 Å². The predicted molar refractivity (Wildman–Crippen MR) is 135 cm³/mol. The van der Waals surface area contributed by atoms with E-state index in [1.807, 2.05) is 62.4 Å². The van der Waals surface area contributed by atoms with E-state index in [2.05, 4.69) is 5.32 Å². The van der Waals surface area contributed by atoms with Gasteiger partial charge < -0.3 is 14.8 Å². The Bertz CT molecular complexity index is 1180. The Morgan fingerprint density at radius 2 is 1.57 bits per heavy atom. The van der Waals surface area contributed by atoms with Crippen molar-refractivity contribution in [3.8, 4) is 5.75 Å². The fraction of sp³-hybridized carbons (Fsp3) is 0.400. The van der Waals surface area contributed by atoms with Crippen LogP contribution in [0.5, 0.6) is 5.75 Å². The van der Waals surface area contributed by atoms with E-state index in [1.165, 1.54) is 0 Å². The van der Waals surface area contributed by atoms with E-state index in [9.17, 15) is 9.59 Å². The summed E-state index contributed by atoms with van der Waals surface area (Å²) < 4.78 is 11.2. The number of ketones is 1. The molecule has 1 aliphatic heterocycles. The van der Waals surface area contributed by atoms with E-state index in [-0.39, 0.29) is 23.8 Å². The summed E-state index contributed by atoms with van der Waals surface area (Å²) in [6.07, 6.45) is 5.12. The van der Waals surface area contributed by atoms with Gasteiger partial charge in [-0.2, -0.15) is 0 Å². The van der Waals surface area contributed by atoms with Gasteiger partial charge in [-0.3, -0.25) is 4.79 Å². The number of carbonyl (C=O) groups is 2. The quantitative estimate of drug-likeness (QED) is 0.554. The molecule has 0 spiro atoms. The van der Waals surface area contributed by atoms with Crippen molar-refractivity contribution < 1.29 is 19.1 Å². The van der Waals surface area contributed by atoms with Crippen molar-refractivity contribution in [3.05, 3.63) is 87.8 Å². The SMILES string of the molecule is COc1ccc([C@@H]2CC(=O)C3=C(C2)NC(C)=C(C(=O)OC2CCCC2)[C@@H]3c2ccc(C)cc2)cc1. The van der Waals surface area contributed by atoms with Crippen molar-refractivity contribution >= 4 is 11.8 Å². The molecule has 0 saturated heterocycles. The number of methoxy groups -OCH3 is 1. The summed E-state index contributed by atoms with van der Waals surface area (Å²) in [6.45, 7) is 3.97. The summed E-state index contributed by atoms with van der Waals surface area (Å²) in [6, 6.07) is 16.1. The van der Waals surface area contributed by atoms with Crippen LogP contribution in [0.3, 0.4) is 0 Å². The van der Waals surface area contributed by atoms with Crippen molar-refractivity contribution in [1.82, 2.24) is 5.32 Å². The lowest BCUT2D eigenvalue weighted by Gasteiger charge is -2.37. The van der Waals surface area contributed by atoms with Crippen LogP contribution in [-0.2, 0) is 14.3 Å². The zero-order chi connectivity index (χ0) is 24.5. The van der Waals surface area contributed by atoms with E-state index in [4.69, 9.17) is 9.47 Å². The molecular weight excluding hydrogens is 438 g/mol. The van der Waals surface area contributed by atoms with Crippen molar-refractivity contribution in [1.29, 1.82) is 0 Å². The molecule has 5 heteroatoms. The van der Waals surface area contributed by atoms with Crippen LogP contribution in [0.2, 0.25) is 0 Å². The molecule has 0 bridgehead atoms. The highest BCUT2D eigenvalue weighted by Crippen LogP contribution is 2.46. The Kier molecular flexibility index (Phi) is 6.50. The van der Waals surface area contributed by atoms with Gasteiger partial charge in [0, 0.05) is 29.3 Å². The van der Waals surface area contributed by atoms with Gasteiger partial charge in [-0.1, -0.05) is 42.0 Å². The number of hydrogen-bond acceptors (Lipinski definition) is 5. The Hall–Kier alpha value is -3.34. The van der Waals surface area contributed by atoms with Gasteiger partial charge in [-0.25, -0.2) is 4.79 Å². The molecule has 1 N–H and O–H groups in total. The highest BCUT2D eigenvalue weighted by atomic mass is 16.5. The molecule has 0 amide bonds. The third kappa shape index (κ3) is 4.64. The van der Waals surface area contributed by atoms with Crippen LogP contribution < -0.4 is 10.1 Å². The summed E-state index contributed by atoms with van der Waals surface area (Å²) in [4.78, 5) is 27.2. The van der Waals surface area contributed by atoms with Crippen LogP contribution in [0.4, 0.5) is 0 Å². The molecule has 2 aliphatic carbocycles. The topological polar surface area (TPSA) is 64.6 Å². The molecule has 5 nitrogen and oxygen atoms in total. The van der Waals surface area contributed by atoms with Crippen LogP contribution in [0.25, 0.3) is 0 Å². The standard InChI is InChI=1S/C30H33NO4/c1-18-8-10-21(11-9-18)28-27(30(33)35-24-6-4-5-7-24)19(2)31-25-16-22(17-26(32)29(25)28)20-12-14-23(34-3)15-13-20/h8-15,22,24,28,31H,4-7,16-17H2,1-3H3/t22-,28-/m0/s1. The highest BCUT2D eigenvalue weighted by molar-refractivity contribution is 6.04. The zero-order valence-corrected chi connectivity index (χ0v) is 20.7. The Balaban J connectivity index is 1.51. The van der Waals surface area contributed by atoms with Gasteiger partial charge in [0.2, 0.25) is 0 Å². The number of rotatable bonds is 5. The lowest BCUT2D eigenvalue weighted by atomic mass is 9.71. The van der Waals surface area contributed by atoms with Crippen molar-refractivity contribution in [2.24, 2.45) is 0 Å². The second-order valence-electron chi connectivity index (χ2n) is 10.0. The number of ether oxygens (including phenoxy) is 2. The molecule has 0 unspecified atom stereocenters. The summed E-state index contributed by atoms with van der Waals surface area (Å²) >= 11 is 0. The van der Waals surface area contributed by atoms with E-state index in [1.54, 1.807) is 7.11 Å². The van der Waals surface area contributed by atoms with Crippen LogP contribution in [0, 0.1) is 6.92 Å². The van der Waals surface area contributed by atoms with Crippen molar-refractivity contribution in [3.63, 3.8) is 0 Å². The van der Waals surface area contributed by atoms with Gasteiger partial charge in [0.1, 0.15) is 11.9 Å². The summed E-state index contributed by atoms with van der Waals surface area (Å²) in [5, 5.41) is 3.45. The molecule has 1 heterocycles. The smallest absolute Gasteiger partial charge is 0.337 e. The third-order valence-electron chi connectivity index (χ3n) is 7.62. The number of carbonyl (C=O) groups excluding carboxylic acids is 2. The minimum Gasteiger partial charge on any atom is -0.497 e. The fourth-order valence-corrected chi connectivity index (χ4v) is 5.73. The molecule has 35 heavy (non-hydrogen) atoms. The van der Waals surface area contributed by atoms with Crippen LogP contribution in [0.1, 0.15) is 74.0 Å². The largest absolute Gasteiger partial charge is 0.497 e. The molecule has 2 aromatic rings. The average molecular weight is 472 g/mol. The normalized spacial score (nSPS) is 22.7. The molecule has 0 aromatic heterocycles. The second kappa shape index (κ2) is 9.73. The zero-order valence-electron chi connectivity index (χ0n) is 20.7. The number of benzene rings is 2. The first kappa shape index (κ1) is 23.4. The Labute approximate surface area is 207 Å². The summed E-state index contributed by atoms with van der Waals surface area (Å²) in [5.74, 6) is 0.256. The maximum Gasteiger partial charge on any atom is 0.337 e. The molecule has 2 atom stereocenters. The molecule has 2 aromatic carbocycles. The van der Waals surface area contributed by atoms with Crippen molar-refractivity contribution in [2.75, 3.05) is 7.11 Å². The van der Waals surface area contributed by atoms with Crippen LogP contribution >= 0.6 is 0 Å². The predicted octanol–water partition coefficient (Wildman–Crippen LogP) is 5.85. The molecule has 1 fully saturated rings. The number of aryl methyl sites for hydroxylation is 1.